The van der Waals surface area contributed by atoms with Crippen molar-refractivity contribution in [2.75, 3.05) is 20.5 Å². The Morgan fingerprint density at radius 3 is 2.59 bits per heavy atom. The number of phenolic OH excluding ortho intramolecular Hbond substituents is 1. The molecule has 11 heteroatoms. The highest BCUT2D eigenvalue weighted by molar-refractivity contribution is 5.87. The number of methoxy groups -OCH3 is 1. The molecule has 3 aromatic carbocycles. The zero-order chi connectivity index (χ0) is 32.3. The number of hydrogen-bond acceptors (Lipinski definition) is 11. The van der Waals surface area contributed by atoms with Gasteiger partial charge in [-0.15, -0.1) is 0 Å². The minimum Gasteiger partial charge on any atom is -0.504 e. The van der Waals surface area contributed by atoms with E-state index in [1.54, 1.807) is 13.0 Å². The first-order valence-corrected chi connectivity index (χ1v) is 15.3. The van der Waals surface area contributed by atoms with Crippen molar-refractivity contribution < 1.29 is 43.5 Å². The minimum absolute atomic E-state index is 0.0301. The molecule has 0 saturated carbocycles. The lowest BCUT2D eigenvalue weighted by molar-refractivity contribution is -0.153. The normalized spacial score (nSPS) is 24.2. The summed E-state index contributed by atoms with van der Waals surface area (Å²) in [5.41, 5.74) is 5.20. The van der Waals surface area contributed by atoms with Gasteiger partial charge in [-0.3, -0.25) is 9.69 Å². The average molecular weight is 629 g/mol. The van der Waals surface area contributed by atoms with Crippen molar-refractivity contribution in [2.24, 2.45) is 0 Å². The molecule has 1 fully saturated rings. The quantitative estimate of drug-likeness (QED) is 0.209. The average Bonchev–Trinajstić information content (AvgIpc) is 3.53. The third kappa shape index (κ3) is 4.86. The van der Waals surface area contributed by atoms with Gasteiger partial charge >= 0.3 is 11.9 Å². The maximum absolute atomic E-state index is 13.0. The molecule has 0 spiro atoms. The number of esters is 2. The molecule has 3 N–H and O–H groups in total. The Labute approximate surface area is 266 Å². The molecule has 5 atom stereocenters. The van der Waals surface area contributed by atoms with Gasteiger partial charge in [0.25, 0.3) is 0 Å². The summed E-state index contributed by atoms with van der Waals surface area (Å²) in [4.78, 5) is 27.4. The predicted molar refractivity (Wildman–Crippen MR) is 166 cm³/mol. The first kappa shape index (κ1) is 30.1. The van der Waals surface area contributed by atoms with Gasteiger partial charge in [0, 0.05) is 41.3 Å². The van der Waals surface area contributed by atoms with E-state index in [4.69, 9.17) is 23.7 Å². The number of aromatic hydroxyl groups is 1. The van der Waals surface area contributed by atoms with Gasteiger partial charge < -0.3 is 39.2 Å². The van der Waals surface area contributed by atoms with E-state index in [9.17, 15) is 19.8 Å². The van der Waals surface area contributed by atoms with Crippen LogP contribution in [-0.4, -0.2) is 65.9 Å². The standard InChI is InChI=1S/C35H36N2O9/c1-17-12-21-13-23-35(41)37-24(29(36-23)27(21)30(40)31(17)42-4)14-22-28(34-33(44-16-45-34)18(2)32(22)46-19(3)38)25(37)15-43-26(39)11-10-20-8-6-5-7-9-20/h5-12,23-25,29,35-36,40-41H,13-16H2,1-4H3/b11-10+/t23-,24+,25+,29-,35+/m1/s1. The van der Waals surface area contributed by atoms with Crippen molar-refractivity contribution in [3.05, 3.63) is 81.4 Å². The second-order valence-electron chi connectivity index (χ2n) is 12.1. The van der Waals surface area contributed by atoms with Crippen molar-refractivity contribution in [3.8, 4) is 28.7 Å². The fraction of sp³-hybridized carbons (Fsp3) is 0.371. The summed E-state index contributed by atoms with van der Waals surface area (Å²) in [5, 5.41) is 27.0. The van der Waals surface area contributed by atoms with Gasteiger partial charge in [-0.05, 0) is 49.5 Å². The molecule has 3 aromatic rings. The predicted octanol–water partition coefficient (Wildman–Crippen LogP) is 3.78. The fourth-order valence-electron chi connectivity index (χ4n) is 7.61. The molecule has 0 radical (unpaired) electrons. The minimum atomic E-state index is -0.993. The van der Waals surface area contributed by atoms with E-state index in [0.29, 0.717) is 58.1 Å². The molecule has 2 bridgehead atoms. The van der Waals surface area contributed by atoms with E-state index in [2.05, 4.69) is 5.32 Å². The van der Waals surface area contributed by atoms with Crippen LogP contribution in [0.2, 0.25) is 0 Å². The number of piperazine rings is 1. The van der Waals surface area contributed by atoms with Gasteiger partial charge in [-0.1, -0.05) is 36.4 Å². The first-order valence-electron chi connectivity index (χ1n) is 15.3. The third-order valence-corrected chi connectivity index (χ3v) is 9.43. The zero-order valence-corrected chi connectivity index (χ0v) is 26.0. The number of carbonyl (C=O) groups excluding carboxylic acids is 2. The molecule has 0 aromatic heterocycles. The topological polar surface area (TPSA) is 136 Å². The Kier molecular flexibility index (Phi) is 7.62. The van der Waals surface area contributed by atoms with Crippen LogP contribution in [0.5, 0.6) is 28.7 Å². The van der Waals surface area contributed by atoms with E-state index < -0.39 is 36.3 Å². The number of nitrogens with one attached hydrogen (secondary N) is 1. The van der Waals surface area contributed by atoms with Gasteiger partial charge in [-0.25, -0.2) is 4.79 Å². The summed E-state index contributed by atoms with van der Waals surface area (Å²) in [7, 11) is 1.52. The lowest BCUT2D eigenvalue weighted by Crippen LogP contribution is -2.68. The summed E-state index contributed by atoms with van der Waals surface area (Å²) in [6.45, 7) is 4.86. The summed E-state index contributed by atoms with van der Waals surface area (Å²) >= 11 is 0. The van der Waals surface area contributed by atoms with Crippen LogP contribution in [0.25, 0.3) is 6.08 Å². The molecule has 4 aliphatic rings. The van der Waals surface area contributed by atoms with Gasteiger partial charge in [0.2, 0.25) is 6.79 Å². The van der Waals surface area contributed by atoms with Crippen LogP contribution < -0.4 is 24.3 Å². The summed E-state index contributed by atoms with van der Waals surface area (Å²) in [5.74, 6) is 0.658. The molecule has 0 unspecified atom stereocenters. The Bertz CT molecular complexity index is 1760. The first-order chi connectivity index (χ1) is 22.2. The van der Waals surface area contributed by atoms with Gasteiger partial charge in [0.05, 0.1) is 25.2 Å². The fourth-order valence-corrected chi connectivity index (χ4v) is 7.61. The van der Waals surface area contributed by atoms with Crippen LogP contribution >= 0.6 is 0 Å². The number of aliphatic hydroxyl groups excluding tert-OH is 1. The van der Waals surface area contributed by atoms with Crippen LogP contribution in [0.4, 0.5) is 0 Å². The number of nitrogens with zero attached hydrogens (tertiary/aromatic N) is 1. The van der Waals surface area contributed by atoms with Crippen LogP contribution in [0.3, 0.4) is 0 Å². The second-order valence-corrected chi connectivity index (χ2v) is 12.1. The van der Waals surface area contributed by atoms with Gasteiger partial charge in [0.15, 0.2) is 23.0 Å². The molecule has 7 rings (SSSR count). The van der Waals surface area contributed by atoms with E-state index in [1.165, 1.54) is 20.1 Å². The molecule has 4 heterocycles. The number of phenols is 1. The Morgan fingerprint density at radius 2 is 1.85 bits per heavy atom. The molecule has 0 aliphatic carbocycles. The summed E-state index contributed by atoms with van der Waals surface area (Å²) in [6, 6.07) is 9.44. The molecule has 240 valence electrons. The number of carbonyl (C=O) groups is 2. The van der Waals surface area contributed by atoms with E-state index in [1.807, 2.05) is 48.2 Å². The number of benzene rings is 3. The maximum atomic E-state index is 13.0. The molecule has 0 amide bonds. The van der Waals surface area contributed by atoms with E-state index in [0.717, 1.165) is 16.7 Å². The molecule has 11 nitrogen and oxygen atoms in total. The van der Waals surface area contributed by atoms with Crippen LogP contribution in [0.1, 0.15) is 58.0 Å². The van der Waals surface area contributed by atoms with E-state index >= 15 is 0 Å². The highest BCUT2D eigenvalue weighted by Crippen LogP contribution is 2.56. The largest absolute Gasteiger partial charge is 0.504 e. The van der Waals surface area contributed by atoms with Crippen molar-refractivity contribution in [3.63, 3.8) is 0 Å². The van der Waals surface area contributed by atoms with Crippen molar-refractivity contribution >= 4 is 18.0 Å². The maximum Gasteiger partial charge on any atom is 0.330 e. The molecule has 4 aliphatic heterocycles. The van der Waals surface area contributed by atoms with E-state index in [-0.39, 0.29) is 25.2 Å². The lowest BCUT2D eigenvalue weighted by Gasteiger charge is -2.56. The second kappa shape index (κ2) is 11.7. The molecule has 46 heavy (non-hydrogen) atoms. The van der Waals surface area contributed by atoms with Crippen molar-refractivity contribution in [1.29, 1.82) is 0 Å². The highest BCUT2D eigenvalue weighted by Gasteiger charge is 2.54. The highest BCUT2D eigenvalue weighted by atomic mass is 16.7. The number of rotatable bonds is 6. The van der Waals surface area contributed by atoms with Gasteiger partial charge in [0.1, 0.15) is 18.6 Å². The molecule has 1 saturated heterocycles. The third-order valence-electron chi connectivity index (χ3n) is 9.43. The Balaban J connectivity index is 1.35. The Morgan fingerprint density at radius 1 is 1.09 bits per heavy atom. The van der Waals surface area contributed by atoms with Crippen molar-refractivity contribution in [2.45, 2.75) is 64.0 Å². The molecular formula is C35H36N2O9. The lowest BCUT2D eigenvalue weighted by atomic mass is 9.74. The monoisotopic (exact) mass is 628 g/mol. The van der Waals surface area contributed by atoms with Crippen LogP contribution in [0.15, 0.2) is 42.5 Å². The number of aryl methyl sites for hydroxylation is 1. The van der Waals surface area contributed by atoms with Crippen LogP contribution in [0, 0.1) is 13.8 Å². The smallest absolute Gasteiger partial charge is 0.330 e. The number of fused-ring (bicyclic) bond motifs is 9. The van der Waals surface area contributed by atoms with Crippen molar-refractivity contribution in [1.82, 2.24) is 10.2 Å². The van der Waals surface area contributed by atoms with Gasteiger partial charge in [-0.2, -0.15) is 0 Å². The SMILES string of the molecule is COc1c(C)cc2c(c1O)[C@@H]1N[C@H](C2)[C@H](O)N2[C@@H](COC(=O)/C=C/c3ccccc3)c3c(c(OC(C)=O)c(C)c4c3OCO4)C[C@@H]12. The molecular weight excluding hydrogens is 592 g/mol. The Hall–Kier alpha value is -4.58. The zero-order valence-electron chi connectivity index (χ0n) is 26.0. The summed E-state index contributed by atoms with van der Waals surface area (Å²) < 4.78 is 29.1. The number of hydrogen-bond donors (Lipinski definition) is 3. The van der Waals surface area contributed by atoms with Crippen LogP contribution in [-0.2, 0) is 27.2 Å². The summed E-state index contributed by atoms with van der Waals surface area (Å²) in [6.07, 6.45) is 2.83. The number of ether oxygens (including phenoxy) is 5. The number of aliphatic hydroxyl groups is 1.